The van der Waals surface area contributed by atoms with E-state index < -0.39 is 10.0 Å². The van der Waals surface area contributed by atoms with Crippen molar-refractivity contribution in [2.45, 2.75) is 17.7 Å². The van der Waals surface area contributed by atoms with Gasteiger partial charge in [0.2, 0.25) is 10.0 Å². The summed E-state index contributed by atoms with van der Waals surface area (Å²) in [4.78, 5) is 0.0738. The van der Waals surface area contributed by atoms with Crippen LogP contribution in [0.2, 0.25) is 0 Å². The molecule has 0 aliphatic carbocycles. The molecule has 17 heavy (non-hydrogen) atoms. The molecule has 0 spiro atoms. The molecule has 0 atom stereocenters. The highest BCUT2D eigenvalue weighted by molar-refractivity contribution is 9.10. The summed E-state index contributed by atoms with van der Waals surface area (Å²) in [5, 5.41) is 8.58. The number of nitrogens with one attached hydrogen (secondary N) is 1. The minimum absolute atomic E-state index is 0.0577. The molecule has 0 aliphatic rings. The molecule has 1 rings (SSSR count). The van der Waals surface area contributed by atoms with Crippen molar-refractivity contribution in [3.8, 4) is 0 Å². The van der Waals surface area contributed by atoms with E-state index in [4.69, 9.17) is 10.8 Å². The van der Waals surface area contributed by atoms with E-state index in [9.17, 15) is 8.42 Å². The first-order valence-corrected chi connectivity index (χ1v) is 7.40. The number of nitrogens with two attached hydrogens (primary N) is 1. The van der Waals surface area contributed by atoms with E-state index in [1.165, 1.54) is 6.07 Å². The van der Waals surface area contributed by atoms with Gasteiger partial charge < -0.3 is 10.8 Å². The van der Waals surface area contributed by atoms with Crippen LogP contribution in [-0.2, 0) is 10.0 Å². The van der Waals surface area contributed by atoms with Gasteiger partial charge in [0, 0.05) is 17.6 Å². The van der Waals surface area contributed by atoms with Gasteiger partial charge in [0.05, 0.1) is 5.69 Å². The van der Waals surface area contributed by atoms with Crippen molar-refractivity contribution in [2.75, 3.05) is 18.9 Å². The van der Waals surface area contributed by atoms with E-state index in [2.05, 4.69) is 20.7 Å². The van der Waals surface area contributed by atoms with Crippen molar-refractivity contribution < 1.29 is 13.5 Å². The molecule has 5 nitrogen and oxygen atoms in total. The zero-order chi connectivity index (χ0) is 12.9. The summed E-state index contributed by atoms with van der Waals surface area (Å²) in [6.07, 6.45) is 1.16. The first-order valence-electron chi connectivity index (χ1n) is 5.13. The second kappa shape index (κ2) is 6.34. The topological polar surface area (TPSA) is 92.4 Å². The lowest BCUT2D eigenvalue weighted by molar-refractivity contribution is 0.285. The van der Waals surface area contributed by atoms with Gasteiger partial charge in [-0.2, -0.15) is 0 Å². The Balaban J connectivity index is 2.76. The quantitative estimate of drug-likeness (QED) is 0.540. The first-order chi connectivity index (χ1) is 7.97. The number of benzene rings is 1. The molecule has 0 amide bonds. The van der Waals surface area contributed by atoms with E-state index >= 15 is 0 Å². The Labute approximate surface area is 109 Å². The molecule has 0 aliphatic heterocycles. The Bertz CT molecular complexity index is 476. The highest BCUT2D eigenvalue weighted by Gasteiger charge is 2.16. The number of hydrogen-bond donors (Lipinski definition) is 3. The van der Waals surface area contributed by atoms with Crippen LogP contribution in [0, 0.1) is 0 Å². The van der Waals surface area contributed by atoms with Gasteiger partial charge in [0.15, 0.2) is 0 Å². The van der Waals surface area contributed by atoms with Crippen LogP contribution in [0.1, 0.15) is 12.8 Å². The molecule has 96 valence electrons. The van der Waals surface area contributed by atoms with Crippen molar-refractivity contribution in [3.63, 3.8) is 0 Å². The van der Waals surface area contributed by atoms with Crippen LogP contribution in [0.5, 0.6) is 0 Å². The highest BCUT2D eigenvalue weighted by atomic mass is 79.9. The average molecular weight is 323 g/mol. The Hall–Kier alpha value is -0.630. The summed E-state index contributed by atoms with van der Waals surface area (Å²) in [5.74, 6) is 0. The van der Waals surface area contributed by atoms with E-state index in [0.29, 0.717) is 19.4 Å². The third kappa shape index (κ3) is 4.27. The molecule has 1 aromatic rings. The molecule has 0 bridgehead atoms. The predicted octanol–water partition coefficient (Wildman–Crippen LogP) is 1.08. The third-order valence-corrected chi connectivity index (χ3v) is 4.17. The Kier molecular flexibility index (Phi) is 5.38. The zero-order valence-corrected chi connectivity index (χ0v) is 11.6. The van der Waals surface area contributed by atoms with Gasteiger partial charge in [-0.05, 0) is 31.0 Å². The first kappa shape index (κ1) is 14.4. The number of sulfonamides is 1. The molecule has 1 aromatic carbocycles. The van der Waals surface area contributed by atoms with Crippen LogP contribution < -0.4 is 10.5 Å². The number of unbranched alkanes of at least 4 members (excludes halogenated alkanes) is 1. The Morgan fingerprint density at radius 3 is 2.65 bits per heavy atom. The lowest BCUT2D eigenvalue weighted by atomic mass is 10.3. The van der Waals surface area contributed by atoms with Gasteiger partial charge in [-0.15, -0.1) is 0 Å². The van der Waals surface area contributed by atoms with Gasteiger partial charge in [0.1, 0.15) is 4.90 Å². The number of nitrogen functional groups attached to an aromatic ring is 1. The van der Waals surface area contributed by atoms with Crippen molar-refractivity contribution in [1.29, 1.82) is 0 Å². The van der Waals surface area contributed by atoms with Crippen LogP contribution >= 0.6 is 15.9 Å². The standard InChI is InChI=1S/C10H15BrN2O3S/c11-8-3-4-10(9(12)7-8)17(15,16)13-5-1-2-6-14/h3-4,7,13-14H,1-2,5-6,12H2. The Morgan fingerprint density at radius 1 is 1.35 bits per heavy atom. The van der Waals surface area contributed by atoms with Crippen LogP contribution in [0.3, 0.4) is 0 Å². The summed E-state index contributed by atoms with van der Waals surface area (Å²) >= 11 is 3.21. The second-order valence-corrected chi connectivity index (χ2v) is 6.16. The van der Waals surface area contributed by atoms with Crippen molar-refractivity contribution in [3.05, 3.63) is 22.7 Å². The number of anilines is 1. The molecular formula is C10H15BrN2O3S. The lowest BCUT2D eigenvalue weighted by Gasteiger charge is -2.09. The van der Waals surface area contributed by atoms with Gasteiger partial charge in [-0.3, -0.25) is 0 Å². The van der Waals surface area contributed by atoms with Crippen LogP contribution in [0.25, 0.3) is 0 Å². The second-order valence-electron chi connectivity index (χ2n) is 3.51. The third-order valence-electron chi connectivity index (χ3n) is 2.14. The van der Waals surface area contributed by atoms with Gasteiger partial charge in [0.25, 0.3) is 0 Å². The van der Waals surface area contributed by atoms with E-state index in [1.807, 2.05) is 0 Å². The fourth-order valence-electron chi connectivity index (χ4n) is 1.29. The molecule has 4 N–H and O–H groups in total. The molecule has 0 unspecified atom stereocenters. The Morgan fingerprint density at radius 2 is 2.06 bits per heavy atom. The SMILES string of the molecule is Nc1cc(Br)ccc1S(=O)(=O)NCCCCO. The smallest absolute Gasteiger partial charge is 0.242 e. The molecule has 0 saturated heterocycles. The van der Waals surface area contributed by atoms with Gasteiger partial charge in [-0.1, -0.05) is 15.9 Å². The van der Waals surface area contributed by atoms with Crippen molar-refractivity contribution in [1.82, 2.24) is 4.72 Å². The van der Waals surface area contributed by atoms with Crippen molar-refractivity contribution >= 4 is 31.6 Å². The maximum atomic E-state index is 11.9. The van der Waals surface area contributed by atoms with E-state index in [0.717, 1.165) is 4.47 Å². The number of halogens is 1. The maximum absolute atomic E-state index is 11.9. The minimum Gasteiger partial charge on any atom is -0.398 e. The largest absolute Gasteiger partial charge is 0.398 e. The zero-order valence-electron chi connectivity index (χ0n) is 9.19. The number of aliphatic hydroxyl groups is 1. The van der Waals surface area contributed by atoms with E-state index in [-0.39, 0.29) is 17.2 Å². The molecule has 0 heterocycles. The van der Waals surface area contributed by atoms with Crippen LogP contribution in [0.15, 0.2) is 27.6 Å². The molecule has 0 fully saturated rings. The summed E-state index contributed by atoms with van der Waals surface area (Å²) < 4.78 is 26.9. The summed E-state index contributed by atoms with van der Waals surface area (Å²) in [6, 6.07) is 4.62. The van der Waals surface area contributed by atoms with Crippen molar-refractivity contribution in [2.24, 2.45) is 0 Å². The van der Waals surface area contributed by atoms with Crippen LogP contribution in [0.4, 0.5) is 5.69 Å². The van der Waals surface area contributed by atoms with Gasteiger partial charge in [-0.25, -0.2) is 13.1 Å². The average Bonchev–Trinajstić information content (AvgIpc) is 2.24. The monoisotopic (exact) mass is 322 g/mol. The predicted molar refractivity (Wildman–Crippen MR) is 70.1 cm³/mol. The fraction of sp³-hybridized carbons (Fsp3) is 0.400. The van der Waals surface area contributed by atoms with Crippen LogP contribution in [-0.4, -0.2) is 26.7 Å². The molecule has 0 radical (unpaired) electrons. The minimum atomic E-state index is -3.57. The van der Waals surface area contributed by atoms with E-state index in [1.54, 1.807) is 12.1 Å². The summed E-state index contributed by atoms with van der Waals surface area (Å²) in [7, 11) is -3.57. The maximum Gasteiger partial charge on any atom is 0.242 e. The molecule has 0 saturated carbocycles. The fourth-order valence-corrected chi connectivity index (χ4v) is 2.85. The highest BCUT2D eigenvalue weighted by Crippen LogP contribution is 2.22. The number of hydrogen-bond acceptors (Lipinski definition) is 4. The molecule has 0 aromatic heterocycles. The normalized spacial score (nSPS) is 11.6. The summed E-state index contributed by atoms with van der Waals surface area (Å²) in [6.45, 7) is 0.348. The molecule has 7 heteroatoms. The number of aliphatic hydroxyl groups excluding tert-OH is 1. The molecular weight excluding hydrogens is 308 g/mol. The lowest BCUT2D eigenvalue weighted by Crippen LogP contribution is -2.25. The number of rotatable bonds is 6. The summed E-state index contributed by atoms with van der Waals surface area (Å²) in [5.41, 5.74) is 5.85. The van der Waals surface area contributed by atoms with Gasteiger partial charge >= 0.3 is 0 Å².